The summed E-state index contributed by atoms with van der Waals surface area (Å²) in [6, 6.07) is 9.78. The minimum atomic E-state index is -0.448. The largest absolute Gasteiger partial charge is 0.387 e. The highest BCUT2D eigenvalue weighted by Gasteiger charge is 2.28. The average molecular weight is 304 g/mol. The molecule has 0 spiro atoms. The highest BCUT2D eigenvalue weighted by Crippen LogP contribution is 2.22. The normalized spacial score (nSPS) is 18.1. The van der Waals surface area contributed by atoms with E-state index in [1.807, 2.05) is 49.1 Å². The lowest BCUT2D eigenvalue weighted by Crippen LogP contribution is -2.43. The molecule has 1 heterocycles. The summed E-state index contributed by atoms with van der Waals surface area (Å²) in [5.41, 5.74) is 0.962. The van der Waals surface area contributed by atoms with Crippen LogP contribution in [0.2, 0.25) is 0 Å². The maximum atomic E-state index is 12.4. The highest BCUT2D eigenvalue weighted by atomic mass is 16.3. The number of nitrogens with zero attached hydrogens (tertiary/aromatic N) is 2. The summed E-state index contributed by atoms with van der Waals surface area (Å²) in [5, 5.41) is 10.3. The van der Waals surface area contributed by atoms with Gasteiger partial charge in [-0.3, -0.25) is 4.79 Å². The van der Waals surface area contributed by atoms with E-state index in [1.54, 1.807) is 0 Å². The van der Waals surface area contributed by atoms with Crippen molar-refractivity contribution >= 4 is 5.91 Å². The van der Waals surface area contributed by atoms with E-state index in [9.17, 15) is 9.90 Å². The first-order valence-corrected chi connectivity index (χ1v) is 8.39. The van der Waals surface area contributed by atoms with Crippen LogP contribution in [0.25, 0.3) is 0 Å². The quantitative estimate of drug-likeness (QED) is 0.877. The number of hydrogen-bond donors (Lipinski definition) is 1. The van der Waals surface area contributed by atoms with Gasteiger partial charge >= 0.3 is 0 Å². The van der Waals surface area contributed by atoms with E-state index < -0.39 is 6.10 Å². The Labute approximate surface area is 133 Å². The Morgan fingerprint density at radius 3 is 2.36 bits per heavy atom. The fourth-order valence-corrected chi connectivity index (χ4v) is 3.18. The lowest BCUT2D eigenvalue weighted by Gasteiger charge is -2.34. The fourth-order valence-electron chi connectivity index (χ4n) is 3.18. The Morgan fingerprint density at radius 1 is 1.23 bits per heavy atom. The number of amides is 1. The number of benzene rings is 1. The van der Waals surface area contributed by atoms with Crippen LogP contribution >= 0.6 is 0 Å². The van der Waals surface area contributed by atoms with Gasteiger partial charge in [-0.2, -0.15) is 0 Å². The molecule has 2 rings (SSSR count). The predicted molar refractivity (Wildman–Crippen MR) is 88.5 cm³/mol. The summed E-state index contributed by atoms with van der Waals surface area (Å²) in [4.78, 5) is 16.6. The number of aliphatic hydroxyl groups is 1. The summed E-state index contributed by atoms with van der Waals surface area (Å²) >= 11 is 0. The zero-order valence-corrected chi connectivity index (χ0v) is 13.7. The summed E-state index contributed by atoms with van der Waals surface area (Å²) in [7, 11) is 0. The molecule has 0 radical (unpaired) electrons. The van der Waals surface area contributed by atoms with Gasteiger partial charge in [0.25, 0.3) is 0 Å². The zero-order chi connectivity index (χ0) is 15.9. The zero-order valence-electron chi connectivity index (χ0n) is 13.7. The van der Waals surface area contributed by atoms with Gasteiger partial charge in [0.15, 0.2) is 0 Å². The van der Waals surface area contributed by atoms with Crippen molar-refractivity contribution in [1.29, 1.82) is 0 Å². The monoisotopic (exact) mass is 304 g/mol. The predicted octanol–water partition coefficient (Wildman–Crippen LogP) is 2.30. The number of aliphatic hydroxyl groups excluding tert-OH is 1. The van der Waals surface area contributed by atoms with Crippen LogP contribution in [0.1, 0.15) is 38.4 Å². The van der Waals surface area contributed by atoms with Crippen LogP contribution in [-0.2, 0) is 4.79 Å². The smallest absolute Gasteiger partial charge is 0.225 e. The molecule has 1 aromatic carbocycles. The van der Waals surface area contributed by atoms with Crippen molar-refractivity contribution in [1.82, 2.24) is 9.80 Å². The fraction of sp³-hybridized carbons (Fsp3) is 0.611. The van der Waals surface area contributed by atoms with E-state index in [4.69, 9.17) is 0 Å². The molecule has 1 aromatic rings. The Kier molecular flexibility index (Phi) is 6.40. The SMILES string of the molecule is CCN(CC)C(=O)C1CCN(CC(O)c2ccccc2)CC1. The van der Waals surface area contributed by atoms with Crippen molar-refractivity contribution in [3.05, 3.63) is 35.9 Å². The molecule has 4 heteroatoms. The van der Waals surface area contributed by atoms with Crippen molar-refractivity contribution in [2.24, 2.45) is 5.92 Å². The van der Waals surface area contributed by atoms with Crippen molar-refractivity contribution in [2.45, 2.75) is 32.8 Å². The van der Waals surface area contributed by atoms with Gasteiger partial charge in [0.05, 0.1) is 6.10 Å². The summed E-state index contributed by atoms with van der Waals surface area (Å²) < 4.78 is 0. The van der Waals surface area contributed by atoms with Crippen LogP contribution in [0.3, 0.4) is 0 Å². The molecule has 1 unspecified atom stereocenters. The highest BCUT2D eigenvalue weighted by molar-refractivity contribution is 5.78. The van der Waals surface area contributed by atoms with Crippen LogP contribution < -0.4 is 0 Å². The first-order chi connectivity index (χ1) is 10.7. The number of piperidine rings is 1. The second-order valence-electron chi connectivity index (χ2n) is 6.01. The third-order valence-corrected chi connectivity index (χ3v) is 4.63. The van der Waals surface area contributed by atoms with Crippen LogP contribution in [0.15, 0.2) is 30.3 Å². The second-order valence-corrected chi connectivity index (χ2v) is 6.01. The number of hydrogen-bond acceptors (Lipinski definition) is 3. The molecule has 0 aromatic heterocycles. The van der Waals surface area contributed by atoms with Crippen LogP contribution in [0, 0.1) is 5.92 Å². The topological polar surface area (TPSA) is 43.8 Å². The molecule has 0 bridgehead atoms. The Morgan fingerprint density at radius 2 is 1.82 bits per heavy atom. The van der Waals surface area contributed by atoms with Crippen molar-refractivity contribution in [3.63, 3.8) is 0 Å². The van der Waals surface area contributed by atoms with E-state index in [1.165, 1.54) is 0 Å². The van der Waals surface area contributed by atoms with E-state index in [0.717, 1.165) is 44.6 Å². The van der Waals surface area contributed by atoms with E-state index >= 15 is 0 Å². The van der Waals surface area contributed by atoms with Crippen molar-refractivity contribution in [2.75, 3.05) is 32.7 Å². The molecule has 1 aliphatic heterocycles. The molecule has 1 atom stereocenters. The van der Waals surface area contributed by atoms with Gasteiger partial charge < -0.3 is 14.9 Å². The molecule has 4 nitrogen and oxygen atoms in total. The molecule has 22 heavy (non-hydrogen) atoms. The standard InChI is InChI=1S/C18H28N2O2/c1-3-20(4-2)18(22)16-10-12-19(13-11-16)14-17(21)15-8-6-5-7-9-15/h5-9,16-17,21H,3-4,10-14H2,1-2H3. The van der Waals surface area contributed by atoms with Gasteiger partial charge in [-0.1, -0.05) is 30.3 Å². The third-order valence-electron chi connectivity index (χ3n) is 4.63. The van der Waals surface area contributed by atoms with Gasteiger partial charge in [0.2, 0.25) is 5.91 Å². The minimum absolute atomic E-state index is 0.157. The molecule has 1 amide bonds. The summed E-state index contributed by atoms with van der Waals surface area (Å²) in [6.45, 7) is 8.09. The van der Waals surface area contributed by atoms with Crippen LogP contribution in [-0.4, -0.2) is 53.5 Å². The molecule has 1 N–H and O–H groups in total. The van der Waals surface area contributed by atoms with E-state index in [0.29, 0.717) is 12.5 Å². The van der Waals surface area contributed by atoms with Gasteiger partial charge in [0.1, 0.15) is 0 Å². The molecule has 0 saturated carbocycles. The lowest BCUT2D eigenvalue weighted by molar-refractivity contribution is -0.136. The number of rotatable bonds is 6. The molecular weight excluding hydrogens is 276 g/mol. The second kappa shape index (κ2) is 8.30. The molecule has 1 aliphatic rings. The summed E-state index contributed by atoms with van der Waals surface area (Å²) in [6.07, 6.45) is 1.35. The van der Waals surface area contributed by atoms with E-state index in [2.05, 4.69) is 4.90 Å². The maximum absolute atomic E-state index is 12.4. The number of β-amino-alcohol motifs (C(OH)–C–C–N with tert-alkyl or cyclic N) is 1. The first-order valence-electron chi connectivity index (χ1n) is 8.39. The maximum Gasteiger partial charge on any atom is 0.225 e. The Balaban J connectivity index is 1.81. The molecule has 0 aliphatic carbocycles. The molecule has 1 fully saturated rings. The average Bonchev–Trinajstić information content (AvgIpc) is 2.57. The van der Waals surface area contributed by atoms with Crippen molar-refractivity contribution in [3.8, 4) is 0 Å². The van der Waals surface area contributed by atoms with Gasteiger partial charge in [-0.05, 0) is 45.3 Å². The molecule has 1 saturated heterocycles. The van der Waals surface area contributed by atoms with Crippen LogP contribution in [0.5, 0.6) is 0 Å². The van der Waals surface area contributed by atoms with Gasteiger partial charge in [-0.25, -0.2) is 0 Å². The number of carbonyl (C=O) groups is 1. The van der Waals surface area contributed by atoms with Gasteiger partial charge in [-0.15, -0.1) is 0 Å². The minimum Gasteiger partial charge on any atom is -0.387 e. The number of carbonyl (C=O) groups excluding carboxylic acids is 1. The van der Waals surface area contributed by atoms with Crippen LogP contribution in [0.4, 0.5) is 0 Å². The summed E-state index contributed by atoms with van der Waals surface area (Å²) in [5.74, 6) is 0.457. The lowest BCUT2D eigenvalue weighted by atomic mass is 9.94. The Hall–Kier alpha value is -1.39. The van der Waals surface area contributed by atoms with E-state index in [-0.39, 0.29) is 5.92 Å². The van der Waals surface area contributed by atoms with Crippen molar-refractivity contribution < 1.29 is 9.90 Å². The molecular formula is C18H28N2O2. The number of likely N-dealkylation sites (tertiary alicyclic amines) is 1. The molecule has 122 valence electrons. The third kappa shape index (κ3) is 4.31. The Bertz CT molecular complexity index is 451. The first kappa shape index (κ1) is 17.0. The van der Waals surface area contributed by atoms with Gasteiger partial charge in [0, 0.05) is 25.6 Å².